The molecule has 136 valence electrons. The lowest BCUT2D eigenvalue weighted by Crippen LogP contribution is -2.37. The second-order valence-corrected chi connectivity index (χ2v) is 7.60. The molecule has 6 nitrogen and oxygen atoms in total. The number of rotatable bonds is 6. The summed E-state index contributed by atoms with van der Waals surface area (Å²) < 4.78 is 2.15. The van der Waals surface area contributed by atoms with Gasteiger partial charge in [0.1, 0.15) is 6.04 Å². The second-order valence-electron chi connectivity index (χ2n) is 7.60. The minimum absolute atomic E-state index is 0.154. The average Bonchev–Trinajstić information content (AvgIpc) is 3.19. The van der Waals surface area contributed by atoms with Gasteiger partial charge in [-0.1, -0.05) is 13.8 Å². The number of nitrogens with zero attached hydrogens (tertiary/aromatic N) is 3. The van der Waals surface area contributed by atoms with Gasteiger partial charge >= 0.3 is 6.03 Å². The van der Waals surface area contributed by atoms with Crippen molar-refractivity contribution in [2.45, 2.75) is 59.5 Å². The van der Waals surface area contributed by atoms with Gasteiger partial charge in [-0.15, -0.1) is 0 Å². The Hall–Kier alpha value is -2.11. The van der Waals surface area contributed by atoms with Crippen LogP contribution in [0.5, 0.6) is 0 Å². The number of ketones is 1. The lowest BCUT2D eigenvalue weighted by molar-refractivity contribution is -0.127. The molecule has 0 aliphatic carbocycles. The summed E-state index contributed by atoms with van der Waals surface area (Å²) >= 11 is 0. The second kappa shape index (κ2) is 6.65. The predicted molar refractivity (Wildman–Crippen MR) is 94.5 cm³/mol. The SMILES string of the molecule is Cc1cc(C(=O)CN2C(=O)C3CCCN3C2=O)c(C)n1CCC(C)C. The number of urea groups is 1. The molecule has 0 radical (unpaired) electrons. The molecule has 3 rings (SSSR count). The molecule has 0 aromatic carbocycles. The molecule has 6 heteroatoms. The Kier molecular flexibility index (Phi) is 4.71. The van der Waals surface area contributed by atoms with E-state index in [2.05, 4.69) is 18.4 Å². The van der Waals surface area contributed by atoms with Gasteiger partial charge in [0.15, 0.2) is 5.78 Å². The Bertz CT molecular complexity index is 698. The third kappa shape index (κ3) is 3.10. The highest BCUT2D eigenvalue weighted by Crippen LogP contribution is 2.28. The van der Waals surface area contributed by atoms with Crippen LogP contribution in [0.25, 0.3) is 0 Å². The van der Waals surface area contributed by atoms with E-state index < -0.39 is 0 Å². The molecule has 0 N–H and O–H groups in total. The minimum atomic E-state index is -0.348. The fourth-order valence-electron chi connectivity index (χ4n) is 3.87. The van der Waals surface area contributed by atoms with Crippen molar-refractivity contribution in [1.82, 2.24) is 14.4 Å². The molecule has 1 aromatic heterocycles. The Balaban J connectivity index is 1.75. The van der Waals surface area contributed by atoms with E-state index in [1.165, 1.54) is 0 Å². The molecule has 0 bridgehead atoms. The number of hydrogen-bond acceptors (Lipinski definition) is 3. The number of amides is 3. The monoisotopic (exact) mass is 345 g/mol. The van der Waals surface area contributed by atoms with E-state index in [1.54, 1.807) is 4.90 Å². The Morgan fingerprint density at radius 1 is 1.28 bits per heavy atom. The Labute approximate surface area is 148 Å². The molecule has 2 fully saturated rings. The first-order chi connectivity index (χ1) is 11.8. The van der Waals surface area contributed by atoms with Crippen LogP contribution in [-0.2, 0) is 11.3 Å². The summed E-state index contributed by atoms with van der Waals surface area (Å²) in [6, 6.07) is 1.22. The molecule has 0 saturated carbocycles. The van der Waals surface area contributed by atoms with Gasteiger partial charge in [-0.25, -0.2) is 4.79 Å². The molecule has 1 atom stereocenters. The Morgan fingerprint density at radius 3 is 2.64 bits per heavy atom. The number of imide groups is 1. The summed E-state index contributed by atoms with van der Waals surface area (Å²) in [5.41, 5.74) is 2.58. The molecule has 2 aliphatic heterocycles. The highest BCUT2D eigenvalue weighted by molar-refractivity contribution is 6.09. The summed E-state index contributed by atoms with van der Waals surface area (Å²) in [5, 5.41) is 0. The van der Waals surface area contributed by atoms with Gasteiger partial charge < -0.3 is 9.47 Å². The third-order valence-corrected chi connectivity index (χ3v) is 5.39. The van der Waals surface area contributed by atoms with Gasteiger partial charge in [-0.2, -0.15) is 0 Å². The normalized spacial score (nSPS) is 20.1. The van der Waals surface area contributed by atoms with E-state index in [4.69, 9.17) is 0 Å². The molecular weight excluding hydrogens is 318 g/mol. The van der Waals surface area contributed by atoms with Crippen molar-refractivity contribution in [2.75, 3.05) is 13.1 Å². The number of Topliss-reactive ketones (excluding diaryl/α,β-unsaturated/α-hetero) is 1. The first-order valence-electron chi connectivity index (χ1n) is 9.13. The maximum Gasteiger partial charge on any atom is 0.327 e. The van der Waals surface area contributed by atoms with Gasteiger partial charge in [0.05, 0.1) is 6.54 Å². The zero-order valence-electron chi connectivity index (χ0n) is 15.5. The van der Waals surface area contributed by atoms with Gasteiger partial charge in [-0.05, 0) is 45.1 Å². The molecule has 2 aliphatic rings. The largest absolute Gasteiger partial charge is 0.348 e. The maximum atomic E-state index is 12.8. The van der Waals surface area contributed by atoms with Crippen LogP contribution in [0, 0.1) is 19.8 Å². The van der Waals surface area contributed by atoms with Gasteiger partial charge in [0, 0.05) is 30.0 Å². The minimum Gasteiger partial charge on any atom is -0.348 e. The number of carbonyl (C=O) groups is 3. The van der Waals surface area contributed by atoms with Crippen molar-refractivity contribution in [2.24, 2.45) is 5.92 Å². The highest BCUT2D eigenvalue weighted by atomic mass is 16.2. The fraction of sp³-hybridized carbons (Fsp3) is 0.632. The van der Waals surface area contributed by atoms with Gasteiger partial charge in [0.2, 0.25) is 0 Å². The third-order valence-electron chi connectivity index (χ3n) is 5.39. The number of hydrogen-bond donors (Lipinski definition) is 0. The molecular formula is C19H27N3O3. The lowest BCUT2D eigenvalue weighted by atomic mass is 10.1. The zero-order valence-corrected chi connectivity index (χ0v) is 15.5. The summed E-state index contributed by atoms with van der Waals surface area (Å²) in [7, 11) is 0. The van der Waals surface area contributed by atoms with Crippen molar-refractivity contribution in [3.63, 3.8) is 0 Å². The van der Waals surface area contributed by atoms with Crippen LogP contribution in [0.3, 0.4) is 0 Å². The summed E-state index contributed by atoms with van der Waals surface area (Å²) in [6.45, 7) is 9.62. The zero-order chi connectivity index (χ0) is 18.3. The van der Waals surface area contributed by atoms with Crippen LogP contribution in [0.1, 0.15) is 54.9 Å². The van der Waals surface area contributed by atoms with E-state index in [1.807, 2.05) is 19.9 Å². The molecule has 2 saturated heterocycles. The molecule has 0 spiro atoms. The van der Waals surface area contributed by atoms with Crippen LogP contribution < -0.4 is 0 Å². The molecule has 1 unspecified atom stereocenters. The number of fused-ring (bicyclic) bond motifs is 1. The number of aromatic nitrogens is 1. The van der Waals surface area contributed by atoms with E-state index in [0.717, 1.165) is 35.7 Å². The topological polar surface area (TPSA) is 62.6 Å². The first kappa shape index (κ1) is 17.7. The van der Waals surface area contributed by atoms with E-state index in [-0.39, 0.29) is 30.3 Å². The van der Waals surface area contributed by atoms with Gasteiger partial charge in [0.25, 0.3) is 5.91 Å². The van der Waals surface area contributed by atoms with Crippen molar-refractivity contribution >= 4 is 17.7 Å². The van der Waals surface area contributed by atoms with Crippen LogP contribution in [0.15, 0.2) is 6.07 Å². The first-order valence-corrected chi connectivity index (χ1v) is 9.13. The van der Waals surface area contributed by atoms with E-state index in [0.29, 0.717) is 24.4 Å². The lowest BCUT2D eigenvalue weighted by Gasteiger charge is -2.15. The molecule has 1 aromatic rings. The van der Waals surface area contributed by atoms with Crippen LogP contribution >= 0.6 is 0 Å². The quantitative estimate of drug-likeness (QED) is 0.588. The van der Waals surface area contributed by atoms with Crippen LogP contribution in [0.2, 0.25) is 0 Å². The summed E-state index contributed by atoms with van der Waals surface area (Å²) in [5.74, 6) is 0.213. The van der Waals surface area contributed by atoms with E-state index in [9.17, 15) is 14.4 Å². The summed E-state index contributed by atoms with van der Waals surface area (Å²) in [6.07, 6.45) is 2.61. The van der Waals surface area contributed by atoms with Crippen molar-refractivity contribution in [3.8, 4) is 0 Å². The van der Waals surface area contributed by atoms with Crippen molar-refractivity contribution < 1.29 is 14.4 Å². The number of carbonyl (C=O) groups excluding carboxylic acids is 3. The summed E-state index contributed by atoms with van der Waals surface area (Å²) in [4.78, 5) is 40.3. The fourth-order valence-corrected chi connectivity index (χ4v) is 3.87. The maximum absolute atomic E-state index is 12.8. The van der Waals surface area contributed by atoms with Crippen molar-refractivity contribution in [1.29, 1.82) is 0 Å². The van der Waals surface area contributed by atoms with E-state index >= 15 is 0 Å². The average molecular weight is 345 g/mol. The van der Waals surface area contributed by atoms with Crippen molar-refractivity contribution in [3.05, 3.63) is 23.0 Å². The molecule has 3 amide bonds. The van der Waals surface area contributed by atoms with Crippen LogP contribution in [0.4, 0.5) is 4.79 Å². The standard InChI is InChI=1S/C19H27N3O3/c1-12(2)7-9-20-13(3)10-15(14(20)4)17(23)11-22-18(24)16-6-5-8-21(16)19(22)25/h10,12,16H,5-9,11H2,1-4H3. The van der Waals surface area contributed by atoms with Crippen LogP contribution in [-0.4, -0.2) is 51.2 Å². The molecule has 3 heterocycles. The highest BCUT2D eigenvalue weighted by Gasteiger charge is 2.47. The number of aryl methyl sites for hydroxylation is 1. The smallest absolute Gasteiger partial charge is 0.327 e. The molecule has 25 heavy (non-hydrogen) atoms. The Morgan fingerprint density at radius 2 is 2.00 bits per heavy atom. The predicted octanol–water partition coefficient (Wildman–Crippen LogP) is 2.76. The van der Waals surface area contributed by atoms with Gasteiger partial charge in [-0.3, -0.25) is 14.5 Å².